The number of allylic oxidation sites excluding steroid dienone is 1. The second-order valence-electron chi connectivity index (χ2n) is 8.29. The van der Waals surface area contributed by atoms with Gasteiger partial charge in [-0.1, -0.05) is 72.5 Å². The van der Waals surface area contributed by atoms with Crippen molar-refractivity contribution >= 4 is 23.0 Å². The highest BCUT2D eigenvalue weighted by Crippen LogP contribution is 2.23. The van der Waals surface area contributed by atoms with E-state index in [4.69, 9.17) is 4.74 Å². The zero-order chi connectivity index (χ0) is 24.5. The lowest BCUT2D eigenvalue weighted by Gasteiger charge is -2.08. The Morgan fingerprint density at radius 1 is 0.914 bits per heavy atom. The van der Waals surface area contributed by atoms with Crippen molar-refractivity contribution in [1.29, 1.82) is 0 Å². The molecule has 0 fully saturated rings. The van der Waals surface area contributed by atoms with Gasteiger partial charge in [-0.2, -0.15) is 0 Å². The molecule has 0 bridgehead atoms. The lowest BCUT2D eigenvalue weighted by Crippen LogP contribution is -2.30. The van der Waals surface area contributed by atoms with Crippen molar-refractivity contribution in [2.45, 2.75) is 32.1 Å². The maximum atomic E-state index is 12.6. The zero-order valence-corrected chi connectivity index (χ0v) is 19.5. The maximum absolute atomic E-state index is 12.6. The molecule has 0 N–H and O–H groups in total. The van der Waals surface area contributed by atoms with Crippen molar-refractivity contribution in [3.8, 4) is 16.9 Å². The van der Waals surface area contributed by atoms with Crippen LogP contribution >= 0.6 is 0 Å². The van der Waals surface area contributed by atoms with Crippen LogP contribution < -0.4 is 9.58 Å². The number of hydrogen-bond acceptors (Lipinski definition) is 4. The molecule has 0 saturated heterocycles. The number of rotatable bonds is 11. The number of hydrogen-bond donors (Lipinski definition) is 0. The van der Waals surface area contributed by atoms with Crippen molar-refractivity contribution in [3.05, 3.63) is 89.6 Å². The van der Waals surface area contributed by atoms with Crippen LogP contribution in [0.1, 0.15) is 42.5 Å². The number of fused-ring (bicyclic) bond motifs is 1. The van der Waals surface area contributed by atoms with Crippen LogP contribution in [0.3, 0.4) is 0 Å². The summed E-state index contributed by atoms with van der Waals surface area (Å²) < 4.78 is 19.0. The summed E-state index contributed by atoms with van der Waals surface area (Å²) in [4.78, 5) is 13.0. The van der Waals surface area contributed by atoms with Crippen LogP contribution in [0.25, 0.3) is 28.2 Å². The number of ether oxygens (including phenoxy) is 1. The molecule has 4 aromatic rings. The highest BCUT2D eigenvalue weighted by molar-refractivity contribution is 5.97. The summed E-state index contributed by atoms with van der Waals surface area (Å²) in [5, 5.41) is 15.6. The van der Waals surface area contributed by atoms with Gasteiger partial charge in [-0.25, -0.2) is 4.79 Å². The molecule has 3 aromatic carbocycles. The SMILES string of the molecule is O=C(/C=C/c1ccc(-c2ccc(OCCCCCCCF)cc2)cc1)n1n[n+]([O-])c2ccccc21. The third-order valence-electron chi connectivity index (χ3n) is 5.76. The number of nitrogens with zero attached hydrogens (tertiary/aromatic N) is 3. The number of carbonyl (C=O) groups is 1. The second-order valence-corrected chi connectivity index (χ2v) is 8.29. The number of alkyl halides is 1. The minimum Gasteiger partial charge on any atom is -0.691 e. The van der Waals surface area contributed by atoms with E-state index in [0.717, 1.165) is 52.8 Å². The fraction of sp³-hybridized carbons (Fsp3) is 0.250. The Hall–Kier alpha value is -4.00. The number of para-hydroxylation sites is 2. The summed E-state index contributed by atoms with van der Waals surface area (Å²) >= 11 is 0. The van der Waals surface area contributed by atoms with Crippen LogP contribution in [0.15, 0.2) is 78.9 Å². The first kappa shape index (κ1) is 24.1. The Morgan fingerprint density at radius 3 is 2.31 bits per heavy atom. The Labute approximate surface area is 203 Å². The van der Waals surface area contributed by atoms with Gasteiger partial charge in [-0.05, 0) is 59.9 Å². The molecule has 0 aliphatic carbocycles. The molecule has 7 heteroatoms. The van der Waals surface area contributed by atoms with Crippen LogP contribution in [-0.4, -0.2) is 29.1 Å². The average Bonchev–Trinajstić information content (AvgIpc) is 3.24. The number of halogens is 1. The number of unbranched alkanes of at least 4 members (excludes halogenated alkanes) is 4. The summed E-state index contributed by atoms with van der Waals surface area (Å²) in [7, 11) is 0. The predicted octanol–water partition coefficient (Wildman–Crippen LogP) is 5.99. The Morgan fingerprint density at radius 2 is 1.57 bits per heavy atom. The van der Waals surface area contributed by atoms with Gasteiger partial charge in [-0.3, -0.25) is 4.39 Å². The molecule has 0 aliphatic rings. The Kier molecular flexibility index (Phi) is 8.22. The standard InChI is InChI=1S/C28H28FN3O3/c29-20-6-2-1-3-7-21-35-25-17-15-24(16-18-25)23-13-10-22(11-14-23)12-19-28(33)31-26-8-4-5-9-27(26)32(34)30-31/h4-5,8-19H,1-3,6-7,20-21H2/b19-12+. The van der Waals surface area contributed by atoms with Gasteiger partial charge < -0.3 is 9.94 Å². The Bertz CT molecular complexity index is 1280. The average molecular weight is 474 g/mol. The second kappa shape index (κ2) is 11.9. The van der Waals surface area contributed by atoms with Crippen molar-refractivity contribution in [1.82, 2.24) is 9.90 Å². The lowest BCUT2D eigenvalue weighted by molar-refractivity contribution is -0.645. The first-order chi connectivity index (χ1) is 17.2. The molecule has 35 heavy (non-hydrogen) atoms. The third kappa shape index (κ3) is 6.32. The zero-order valence-electron chi connectivity index (χ0n) is 19.5. The minimum atomic E-state index is -0.393. The van der Waals surface area contributed by atoms with E-state index in [2.05, 4.69) is 5.21 Å². The molecule has 0 spiro atoms. The van der Waals surface area contributed by atoms with E-state index < -0.39 is 5.91 Å². The third-order valence-corrected chi connectivity index (χ3v) is 5.76. The van der Waals surface area contributed by atoms with Crippen LogP contribution in [0.5, 0.6) is 5.75 Å². The van der Waals surface area contributed by atoms with Crippen LogP contribution in [0.4, 0.5) is 4.39 Å². The van der Waals surface area contributed by atoms with Gasteiger partial charge in [0.25, 0.3) is 0 Å². The number of benzene rings is 3. The first-order valence-corrected chi connectivity index (χ1v) is 11.8. The molecule has 0 saturated carbocycles. The highest BCUT2D eigenvalue weighted by Gasteiger charge is 2.18. The van der Waals surface area contributed by atoms with E-state index in [-0.39, 0.29) is 6.67 Å². The largest absolute Gasteiger partial charge is 0.691 e. The Balaban J connectivity index is 1.31. The van der Waals surface area contributed by atoms with Gasteiger partial charge in [0.1, 0.15) is 11.0 Å². The van der Waals surface area contributed by atoms with E-state index in [9.17, 15) is 14.4 Å². The lowest BCUT2D eigenvalue weighted by atomic mass is 10.0. The van der Waals surface area contributed by atoms with Crippen LogP contribution in [0, 0.1) is 5.21 Å². The molecule has 4 rings (SSSR count). The molecule has 180 valence electrons. The topological polar surface area (TPSA) is 71.1 Å². The van der Waals surface area contributed by atoms with E-state index in [1.54, 1.807) is 30.3 Å². The summed E-state index contributed by atoms with van der Waals surface area (Å²) in [6.45, 7) is 0.438. The minimum absolute atomic E-state index is 0.227. The molecule has 1 aromatic heterocycles. The van der Waals surface area contributed by atoms with E-state index >= 15 is 0 Å². The number of carbonyl (C=O) groups excluding carboxylic acids is 1. The molecule has 0 unspecified atom stereocenters. The van der Waals surface area contributed by atoms with Crippen LogP contribution in [-0.2, 0) is 0 Å². The molecular weight excluding hydrogens is 445 g/mol. The van der Waals surface area contributed by atoms with Gasteiger partial charge >= 0.3 is 5.91 Å². The molecule has 6 nitrogen and oxygen atoms in total. The summed E-state index contributed by atoms with van der Waals surface area (Å²) in [5.41, 5.74) is 3.80. The number of aromatic nitrogens is 3. The molecular formula is C28H28FN3O3. The van der Waals surface area contributed by atoms with Crippen molar-refractivity contribution in [2.24, 2.45) is 0 Å². The maximum Gasteiger partial charge on any atom is 0.359 e. The highest BCUT2D eigenvalue weighted by atomic mass is 19.1. The van der Waals surface area contributed by atoms with Crippen LogP contribution in [0.2, 0.25) is 0 Å². The summed E-state index contributed by atoms with van der Waals surface area (Å²) in [5.74, 6) is 0.441. The van der Waals surface area contributed by atoms with E-state index in [1.165, 1.54) is 6.08 Å². The molecule has 0 atom stereocenters. The van der Waals surface area contributed by atoms with Gasteiger partial charge in [0.05, 0.1) is 13.3 Å². The fourth-order valence-corrected chi connectivity index (χ4v) is 3.83. The summed E-state index contributed by atoms with van der Waals surface area (Å²) in [6, 6.07) is 22.6. The van der Waals surface area contributed by atoms with Gasteiger partial charge in [0.2, 0.25) is 11.0 Å². The summed E-state index contributed by atoms with van der Waals surface area (Å²) in [6.07, 6.45) is 7.78. The predicted molar refractivity (Wildman–Crippen MR) is 135 cm³/mol. The van der Waals surface area contributed by atoms with Gasteiger partial charge in [-0.15, -0.1) is 4.85 Å². The van der Waals surface area contributed by atoms with Gasteiger partial charge in [0, 0.05) is 6.08 Å². The monoisotopic (exact) mass is 473 g/mol. The smallest absolute Gasteiger partial charge is 0.359 e. The molecule has 1 heterocycles. The molecule has 0 aliphatic heterocycles. The normalized spacial score (nSPS) is 11.3. The fourth-order valence-electron chi connectivity index (χ4n) is 3.83. The quantitative estimate of drug-likeness (QED) is 0.116. The van der Waals surface area contributed by atoms with Crippen molar-refractivity contribution < 1.29 is 18.8 Å². The van der Waals surface area contributed by atoms with Crippen molar-refractivity contribution in [2.75, 3.05) is 13.3 Å². The molecule has 0 amide bonds. The van der Waals surface area contributed by atoms with Crippen molar-refractivity contribution in [3.63, 3.8) is 0 Å². The van der Waals surface area contributed by atoms with E-state index in [0.29, 0.717) is 28.9 Å². The van der Waals surface area contributed by atoms with E-state index in [1.807, 2.05) is 48.5 Å². The van der Waals surface area contributed by atoms with Gasteiger partial charge in [0.15, 0.2) is 0 Å². The molecule has 0 radical (unpaired) electrons. The first-order valence-electron chi connectivity index (χ1n) is 11.8.